The average molecular weight is 291 g/mol. The first-order valence-corrected chi connectivity index (χ1v) is 7.27. The van der Waals surface area contributed by atoms with Crippen LogP contribution < -0.4 is 5.32 Å². The lowest BCUT2D eigenvalue weighted by Gasteiger charge is -2.39. The Labute approximate surface area is 124 Å². The molecule has 5 nitrogen and oxygen atoms in total. The zero-order valence-electron chi connectivity index (χ0n) is 12.2. The standard InChI is InChI=1S/C16H21NO4/c1-12-7-5-6-10-16(12,14(18)19)17-15(20)21-11-13-8-3-2-4-9-13/h2-4,8-9,12H,5-7,10-11H2,1H3,(H,17,20)(H,18,19)/t12-,16+/m1/s1. The third-order valence-corrected chi connectivity index (χ3v) is 4.22. The van der Waals surface area contributed by atoms with E-state index in [-0.39, 0.29) is 12.5 Å². The third kappa shape index (κ3) is 3.54. The average Bonchev–Trinajstić information content (AvgIpc) is 2.48. The van der Waals surface area contributed by atoms with E-state index >= 15 is 0 Å². The van der Waals surface area contributed by atoms with Gasteiger partial charge in [0.25, 0.3) is 0 Å². The Kier molecular flexibility index (Phi) is 4.83. The van der Waals surface area contributed by atoms with Crippen molar-refractivity contribution in [2.75, 3.05) is 0 Å². The van der Waals surface area contributed by atoms with Gasteiger partial charge in [-0.15, -0.1) is 0 Å². The second-order valence-electron chi connectivity index (χ2n) is 5.61. The van der Waals surface area contributed by atoms with E-state index in [0.717, 1.165) is 24.8 Å². The van der Waals surface area contributed by atoms with Gasteiger partial charge in [0.15, 0.2) is 0 Å². The molecule has 1 saturated carbocycles. The van der Waals surface area contributed by atoms with E-state index in [1.807, 2.05) is 37.3 Å². The number of carbonyl (C=O) groups is 2. The number of alkyl carbamates (subject to hydrolysis) is 1. The first-order chi connectivity index (χ1) is 10.0. The normalized spacial score (nSPS) is 25.1. The largest absolute Gasteiger partial charge is 0.479 e. The van der Waals surface area contributed by atoms with Crippen LogP contribution in [-0.4, -0.2) is 22.7 Å². The van der Waals surface area contributed by atoms with Gasteiger partial charge in [0.1, 0.15) is 12.1 Å². The topological polar surface area (TPSA) is 75.6 Å². The van der Waals surface area contributed by atoms with Crippen LogP contribution in [0.4, 0.5) is 4.79 Å². The van der Waals surface area contributed by atoms with Gasteiger partial charge in [0, 0.05) is 0 Å². The molecule has 0 bridgehead atoms. The van der Waals surface area contributed by atoms with E-state index in [1.54, 1.807) is 0 Å². The van der Waals surface area contributed by atoms with E-state index in [9.17, 15) is 14.7 Å². The zero-order chi connectivity index (χ0) is 15.3. The number of benzene rings is 1. The van der Waals surface area contributed by atoms with Crippen LogP contribution in [0.25, 0.3) is 0 Å². The molecule has 5 heteroatoms. The summed E-state index contributed by atoms with van der Waals surface area (Å²) in [5.41, 5.74) is -0.333. The van der Waals surface area contributed by atoms with Gasteiger partial charge in [-0.25, -0.2) is 9.59 Å². The van der Waals surface area contributed by atoms with Crippen LogP contribution in [0.5, 0.6) is 0 Å². The van der Waals surface area contributed by atoms with Crippen molar-refractivity contribution >= 4 is 12.1 Å². The molecule has 0 aromatic heterocycles. The number of nitrogens with one attached hydrogen (secondary N) is 1. The molecule has 0 saturated heterocycles. The summed E-state index contributed by atoms with van der Waals surface area (Å²) < 4.78 is 5.14. The number of hydrogen-bond acceptors (Lipinski definition) is 3. The Hall–Kier alpha value is -2.04. The van der Waals surface area contributed by atoms with Crippen LogP contribution in [0.15, 0.2) is 30.3 Å². The van der Waals surface area contributed by atoms with Crippen LogP contribution in [0, 0.1) is 5.92 Å². The third-order valence-electron chi connectivity index (χ3n) is 4.22. The van der Waals surface area contributed by atoms with Crippen LogP contribution in [-0.2, 0) is 16.1 Å². The molecule has 0 heterocycles. The van der Waals surface area contributed by atoms with Crippen molar-refractivity contribution in [3.8, 4) is 0 Å². The Balaban J connectivity index is 1.97. The fraction of sp³-hybridized carbons (Fsp3) is 0.500. The van der Waals surface area contributed by atoms with Gasteiger partial charge in [-0.1, -0.05) is 50.1 Å². The highest BCUT2D eigenvalue weighted by atomic mass is 16.5. The Morgan fingerprint density at radius 1 is 1.33 bits per heavy atom. The van der Waals surface area contributed by atoms with Crippen LogP contribution >= 0.6 is 0 Å². The van der Waals surface area contributed by atoms with Crippen molar-refractivity contribution in [2.45, 2.75) is 44.8 Å². The molecule has 1 aromatic rings. The van der Waals surface area contributed by atoms with E-state index in [0.29, 0.717) is 6.42 Å². The number of aliphatic carboxylic acids is 1. The lowest BCUT2D eigenvalue weighted by Crippen LogP contribution is -2.60. The maximum atomic E-state index is 11.9. The van der Waals surface area contributed by atoms with Crippen molar-refractivity contribution in [2.24, 2.45) is 5.92 Å². The molecule has 1 aliphatic carbocycles. The zero-order valence-corrected chi connectivity index (χ0v) is 12.2. The molecule has 0 aliphatic heterocycles. The van der Waals surface area contributed by atoms with Gasteiger partial charge in [-0.3, -0.25) is 0 Å². The van der Waals surface area contributed by atoms with Crippen LogP contribution in [0.2, 0.25) is 0 Å². The fourth-order valence-corrected chi connectivity index (χ4v) is 2.85. The Bertz CT molecular complexity index is 502. The van der Waals surface area contributed by atoms with Crippen molar-refractivity contribution < 1.29 is 19.4 Å². The number of rotatable bonds is 4. The summed E-state index contributed by atoms with van der Waals surface area (Å²) in [4.78, 5) is 23.6. The minimum absolute atomic E-state index is 0.104. The molecular formula is C16H21NO4. The van der Waals surface area contributed by atoms with Gasteiger partial charge in [-0.2, -0.15) is 0 Å². The molecule has 0 radical (unpaired) electrons. The highest BCUT2D eigenvalue weighted by molar-refractivity contribution is 5.84. The number of ether oxygens (including phenoxy) is 1. The maximum Gasteiger partial charge on any atom is 0.408 e. The van der Waals surface area contributed by atoms with Gasteiger partial charge in [0.2, 0.25) is 0 Å². The monoisotopic (exact) mass is 291 g/mol. The molecule has 21 heavy (non-hydrogen) atoms. The van der Waals surface area contributed by atoms with E-state index in [1.165, 1.54) is 0 Å². The van der Waals surface area contributed by atoms with Crippen molar-refractivity contribution in [3.05, 3.63) is 35.9 Å². The predicted octanol–water partition coefficient (Wildman–Crippen LogP) is 2.95. The first kappa shape index (κ1) is 15.4. The molecule has 2 rings (SSSR count). The molecule has 114 valence electrons. The molecule has 2 atom stereocenters. The number of hydrogen-bond donors (Lipinski definition) is 2. The van der Waals surface area contributed by atoms with Gasteiger partial charge >= 0.3 is 12.1 Å². The summed E-state index contributed by atoms with van der Waals surface area (Å²) >= 11 is 0. The molecule has 1 fully saturated rings. The maximum absolute atomic E-state index is 11.9. The second kappa shape index (κ2) is 6.61. The van der Waals surface area contributed by atoms with Gasteiger partial charge in [0.05, 0.1) is 0 Å². The van der Waals surface area contributed by atoms with Crippen LogP contribution in [0.3, 0.4) is 0 Å². The lowest BCUT2D eigenvalue weighted by atomic mass is 9.73. The quantitative estimate of drug-likeness (QED) is 0.894. The summed E-state index contributed by atoms with van der Waals surface area (Å²) in [7, 11) is 0. The summed E-state index contributed by atoms with van der Waals surface area (Å²) in [6.07, 6.45) is 2.37. The Morgan fingerprint density at radius 3 is 2.67 bits per heavy atom. The molecule has 1 amide bonds. The summed E-state index contributed by atoms with van der Waals surface area (Å²) in [5.74, 6) is -1.08. The minimum atomic E-state index is -1.20. The smallest absolute Gasteiger partial charge is 0.408 e. The first-order valence-electron chi connectivity index (χ1n) is 7.27. The highest BCUT2D eigenvalue weighted by Gasteiger charge is 2.46. The second-order valence-corrected chi connectivity index (χ2v) is 5.61. The minimum Gasteiger partial charge on any atom is -0.479 e. The molecule has 2 N–H and O–H groups in total. The van der Waals surface area contributed by atoms with Gasteiger partial charge in [-0.05, 0) is 24.3 Å². The molecule has 1 aromatic carbocycles. The molecule has 0 spiro atoms. The molecular weight excluding hydrogens is 270 g/mol. The lowest BCUT2D eigenvalue weighted by molar-refractivity contribution is -0.148. The Morgan fingerprint density at radius 2 is 2.05 bits per heavy atom. The number of amides is 1. The SMILES string of the molecule is C[C@@H]1CCCC[C@@]1(NC(=O)OCc1ccccc1)C(=O)O. The molecule has 1 aliphatic rings. The van der Waals surface area contributed by atoms with E-state index in [2.05, 4.69) is 5.32 Å². The summed E-state index contributed by atoms with van der Waals surface area (Å²) in [5, 5.41) is 12.1. The van der Waals surface area contributed by atoms with Crippen molar-refractivity contribution in [1.29, 1.82) is 0 Å². The number of carbonyl (C=O) groups excluding carboxylic acids is 1. The highest BCUT2D eigenvalue weighted by Crippen LogP contribution is 2.34. The van der Waals surface area contributed by atoms with Crippen LogP contribution in [0.1, 0.15) is 38.2 Å². The van der Waals surface area contributed by atoms with E-state index in [4.69, 9.17) is 4.74 Å². The van der Waals surface area contributed by atoms with Gasteiger partial charge < -0.3 is 15.2 Å². The molecule has 0 unspecified atom stereocenters. The van der Waals surface area contributed by atoms with E-state index < -0.39 is 17.6 Å². The number of carboxylic acids is 1. The fourth-order valence-electron chi connectivity index (χ4n) is 2.85. The summed E-state index contributed by atoms with van der Waals surface area (Å²) in [6.45, 7) is 2.00. The summed E-state index contributed by atoms with van der Waals surface area (Å²) in [6, 6.07) is 9.30. The van der Waals surface area contributed by atoms with Crippen molar-refractivity contribution in [1.82, 2.24) is 5.32 Å². The predicted molar refractivity (Wildman–Crippen MR) is 77.8 cm³/mol. The van der Waals surface area contributed by atoms with Crippen molar-refractivity contribution in [3.63, 3.8) is 0 Å². The number of carboxylic acid groups (broad SMARTS) is 1.